The molecule has 236 valence electrons. The summed E-state index contributed by atoms with van der Waals surface area (Å²) in [6.07, 6.45) is 16.2. The van der Waals surface area contributed by atoms with Crippen molar-refractivity contribution in [3.8, 4) is 5.75 Å². The summed E-state index contributed by atoms with van der Waals surface area (Å²) in [4.78, 5) is 0. The number of ether oxygens (including phenoxy) is 2. The molecule has 0 heterocycles. The first-order valence-corrected chi connectivity index (χ1v) is 17.2. The molecular formula is C40H58O3. The molecule has 0 spiro atoms. The van der Waals surface area contributed by atoms with Gasteiger partial charge in [0.05, 0.1) is 24.4 Å². The molecule has 0 aliphatic rings. The third-order valence-corrected chi connectivity index (χ3v) is 8.52. The number of hydrogen-bond acceptors (Lipinski definition) is 3. The molecule has 0 aliphatic carbocycles. The van der Waals surface area contributed by atoms with E-state index >= 15 is 0 Å². The summed E-state index contributed by atoms with van der Waals surface area (Å²) >= 11 is 0. The topological polar surface area (TPSA) is 38.7 Å². The molecule has 4 unspecified atom stereocenters. The van der Waals surface area contributed by atoms with Gasteiger partial charge in [-0.15, -0.1) is 0 Å². The van der Waals surface area contributed by atoms with Crippen LogP contribution in [-0.2, 0) is 22.3 Å². The average Bonchev–Trinajstić information content (AvgIpc) is 3.02. The molecule has 0 radical (unpaired) electrons. The zero-order valence-electron chi connectivity index (χ0n) is 27.5. The lowest BCUT2D eigenvalue weighted by atomic mass is 9.96. The van der Waals surface area contributed by atoms with Gasteiger partial charge in [0.25, 0.3) is 0 Å². The fraction of sp³-hybridized carbons (Fsp3) is 0.550. The maximum Gasteiger partial charge on any atom is 0.119 e. The summed E-state index contributed by atoms with van der Waals surface area (Å²) in [5, 5.41) is 11.0. The Hall–Kier alpha value is -2.62. The van der Waals surface area contributed by atoms with Crippen LogP contribution in [0.25, 0.3) is 0 Å². The van der Waals surface area contributed by atoms with Gasteiger partial charge >= 0.3 is 0 Å². The number of benzene rings is 3. The van der Waals surface area contributed by atoms with Crippen molar-refractivity contribution in [1.29, 1.82) is 0 Å². The van der Waals surface area contributed by atoms with E-state index < -0.39 is 0 Å². The van der Waals surface area contributed by atoms with Gasteiger partial charge in [0.2, 0.25) is 0 Å². The number of hydrogen-bond donors (Lipinski definition) is 1. The second kappa shape index (κ2) is 20.4. The standard InChI is InChI=1S/C40H58O3/c1-5-7-9-11-19-28-39(34-22-15-13-16-23-34)42-32(3)30-36-26-21-27-38(41)37(36)31-33(4)43-40(29-20-12-10-8-6-2)35-24-17-14-18-25-35/h13-18,21-27,32-33,39-41H,5-12,19-20,28-31H2,1-4H3. The third kappa shape index (κ3) is 12.9. The summed E-state index contributed by atoms with van der Waals surface area (Å²) in [5.74, 6) is 0.353. The Kier molecular flexibility index (Phi) is 16.5. The lowest BCUT2D eigenvalue weighted by Gasteiger charge is -2.26. The summed E-state index contributed by atoms with van der Waals surface area (Å²) in [6, 6.07) is 27.2. The van der Waals surface area contributed by atoms with Crippen LogP contribution in [0.15, 0.2) is 78.9 Å². The predicted molar refractivity (Wildman–Crippen MR) is 182 cm³/mol. The molecule has 3 nitrogen and oxygen atoms in total. The van der Waals surface area contributed by atoms with Crippen molar-refractivity contribution < 1.29 is 14.6 Å². The summed E-state index contributed by atoms with van der Waals surface area (Å²) in [5.41, 5.74) is 4.63. The van der Waals surface area contributed by atoms with Crippen LogP contribution in [-0.4, -0.2) is 17.3 Å². The van der Waals surface area contributed by atoms with E-state index in [1.54, 1.807) is 0 Å². The molecule has 0 saturated carbocycles. The van der Waals surface area contributed by atoms with Crippen LogP contribution in [0.2, 0.25) is 0 Å². The van der Waals surface area contributed by atoms with Gasteiger partial charge in [-0.05, 0) is 61.4 Å². The van der Waals surface area contributed by atoms with E-state index in [1.807, 2.05) is 12.1 Å². The minimum Gasteiger partial charge on any atom is -0.508 e. The van der Waals surface area contributed by atoms with E-state index in [4.69, 9.17) is 9.47 Å². The van der Waals surface area contributed by atoms with Gasteiger partial charge in [0, 0.05) is 6.42 Å². The van der Waals surface area contributed by atoms with Crippen molar-refractivity contribution in [3.05, 3.63) is 101 Å². The molecular weight excluding hydrogens is 528 g/mol. The molecule has 0 saturated heterocycles. The normalized spacial score (nSPS) is 14.3. The molecule has 3 heteroatoms. The molecule has 0 amide bonds. The lowest BCUT2D eigenvalue weighted by Crippen LogP contribution is -2.20. The highest BCUT2D eigenvalue weighted by molar-refractivity contribution is 5.40. The second-order valence-electron chi connectivity index (χ2n) is 12.4. The van der Waals surface area contributed by atoms with E-state index in [1.165, 1.54) is 75.3 Å². The molecule has 0 bridgehead atoms. The zero-order valence-corrected chi connectivity index (χ0v) is 27.5. The number of rotatable bonds is 22. The van der Waals surface area contributed by atoms with Crippen molar-refractivity contribution in [2.75, 3.05) is 0 Å². The van der Waals surface area contributed by atoms with E-state index in [0.717, 1.165) is 30.4 Å². The minimum absolute atomic E-state index is 0.0238. The molecule has 0 aromatic heterocycles. The smallest absolute Gasteiger partial charge is 0.119 e. The Balaban J connectivity index is 1.65. The van der Waals surface area contributed by atoms with Crippen LogP contribution in [0, 0.1) is 0 Å². The van der Waals surface area contributed by atoms with Crippen molar-refractivity contribution >= 4 is 0 Å². The van der Waals surface area contributed by atoms with Gasteiger partial charge in [0.15, 0.2) is 0 Å². The monoisotopic (exact) mass is 586 g/mol. The summed E-state index contributed by atoms with van der Waals surface area (Å²) in [7, 11) is 0. The van der Waals surface area contributed by atoms with Gasteiger partial charge in [-0.2, -0.15) is 0 Å². The van der Waals surface area contributed by atoms with Gasteiger partial charge < -0.3 is 14.6 Å². The molecule has 4 atom stereocenters. The predicted octanol–water partition coefficient (Wildman–Crippen LogP) is 11.5. The Morgan fingerprint density at radius 3 is 1.49 bits per heavy atom. The Labute approximate surface area is 263 Å². The first-order chi connectivity index (χ1) is 21.0. The SMILES string of the molecule is CCCCCCCC(OC(C)Cc1cccc(O)c1CC(C)OC(CCCCCCC)c1ccccc1)c1ccccc1. The van der Waals surface area contributed by atoms with Gasteiger partial charge in [-0.1, -0.05) is 151 Å². The average molecular weight is 587 g/mol. The van der Waals surface area contributed by atoms with Crippen molar-refractivity contribution in [2.24, 2.45) is 0 Å². The first kappa shape index (κ1) is 34.9. The molecule has 1 N–H and O–H groups in total. The van der Waals surface area contributed by atoms with Crippen molar-refractivity contribution in [1.82, 2.24) is 0 Å². The van der Waals surface area contributed by atoms with Crippen LogP contribution < -0.4 is 0 Å². The number of unbranched alkanes of at least 4 members (excludes halogenated alkanes) is 8. The number of phenols is 1. The molecule has 43 heavy (non-hydrogen) atoms. The highest BCUT2D eigenvalue weighted by Crippen LogP contribution is 2.31. The Morgan fingerprint density at radius 2 is 1.00 bits per heavy atom. The molecule has 0 aliphatic heterocycles. The van der Waals surface area contributed by atoms with Gasteiger partial charge in [0.1, 0.15) is 5.75 Å². The van der Waals surface area contributed by atoms with E-state index in [0.29, 0.717) is 12.2 Å². The van der Waals surface area contributed by atoms with Crippen LogP contribution in [0.3, 0.4) is 0 Å². The van der Waals surface area contributed by atoms with Crippen LogP contribution in [0.4, 0.5) is 0 Å². The second-order valence-corrected chi connectivity index (χ2v) is 12.4. The number of phenolic OH excluding ortho intramolecular Hbond substituents is 1. The first-order valence-electron chi connectivity index (χ1n) is 17.2. The van der Waals surface area contributed by atoms with Crippen LogP contribution in [0.5, 0.6) is 5.75 Å². The fourth-order valence-electron chi connectivity index (χ4n) is 6.13. The van der Waals surface area contributed by atoms with Crippen LogP contribution >= 0.6 is 0 Å². The Bertz CT molecular complexity index is 1110. The molecule has 0 fully saturated rings. The lowest BCUT2D eigenvalue weighted by molar-refractivity contribution is -0.0120. The fourth-order valence-corrected chi connectivity index (χ4v) is 6.13. The summed E-state index contributed by atoms with van der Waals surface area (Å²) < 4.78 is 13.4. The van der Waals surface area contributed by atoms with Gasteiger partial charge in [-0.25, -0.2) is 0 Å². The maximum absolute atomic E-state index is 11.0. The van der Waals surface area contributed by atoms with Crippen molar-refractivity contribution in [2.45, 2.75) is 142 Å². The zero-order chi connectivity index (χ0) is 30.7. The van der Waals surface area contributed by atoms with Crippen molar-refractivity contribution in [3.63, 3.8) is 0 Å². The number of aromatic hydroxyl groups is 1. The highest BCUT2D eigenvalue weighted by atomic mass is 16.5. The van der Waals surface area contributed by atoms with Gasteiger partial charge in [-0.3, -0.25) is 0 Å². The van der Waals surface area contributed by atoms with Crippen LogP contribution in [0.1, 0.15) is 139 Å². The Morgan fingerprint density at radius 1 is 0.535 bits per heavy atom. The molecule has 3 aromatic rings. The quantitative estimate of drug-likeness (QED) is 0.119. The third-order valence-electron chi connectivity index (χ3n) is 8.52. The largest absolute Gasteiger partial charge is 0.508 e. The highest BCUT2D eigenvalue weighted by Gasteiger charge is 2.21. The minimum atomic E-state index is -0.0238. The molecule has 3 rings (SSSR count). The maximum atomic E-state index is 11.0. The van der Waals surface area contributed by atoms with E-state index in [-0.39, 0.29) is 24.4 Å². The van der Waals surface area contributed by atoms with E-state index in [9.17, 15) is 5.11 Å². The summed E-state index contributed by atoms with van der Waals surface area (Å²) in [6.45, 7) is 8.84. The van der Waals surface area contributed by atoms with E-state index in [2.05, 4.69) is 94.4 Å². The molecule has 3 aromatic carbocycles.